The minimum Gasteiger partial charge on any atom is -0.398 e. The summed E-state index contributed by atoms with van der Waals surface area (Å²) < 4.78 is 1.09. The van der Waals surface area contributed by atoms with Crippen molar-refractivity contribution >= 4 is 36.2 Å². The van der Waals surface area contributed by atoms with Gasteiger partial charge in [-0.1, -0.05) is 6.07 Å². The smallest absolute Gasteiger partial charge is 0.0428 e. The van der Waals surface area contributed by atoms with Gasteiger partial charge >= 0.3 is 0 Å². The quantitative estimate of drug-likeness (QED) is 0.538. The molecule has 1 nitrogen and oxygen atoms in total. The van der Waals surface area contributed by atoms with Crippen molar-refractivity contribution in [3.63, 3.8) is 0 Å². The van der Waals surface area contributed by atoms with E-state index in [4.69, 9.17) is 5.73 Å². The second-order valence-electron chi connectivity index (χ2n) is 2.65. The summed E-state index contributed by atoms with van der Waals surface area (Å²) in [4.78, 5) is 0. The third-order valence-corrected chi connectivity index (χ3v) is 3.81. The summed E-state index contributed by atoms with van der Waals surface area (Å²) in [5.74, 6) is 0. The van der Waals surface area contributed by atoms with Crippen LogP contribution in [0.4, 0.5) is 5.69 Å². The number of rotatable bonds is 0. The first kappa shape index (κ1) is 9.02. The maximum Gasteiger partial charge on any atom is 0.0428 e. The maximum atomic E-state index is 5.80. The highest BCUT2D eigenvalue weighted by Gasteiger charge is 2.04. The van der Waals surface area contributed by atoms with E-state index in [1.165, 1.54) is 5.56 Å². The molecular formula is C8H11BrNP. The molecule has 11 heavy (non-hydrogen) atoms. The third-order valence-electron chi connectivity index (χ3n) is 1.73. The molecule has 0 aliphatic rings. The van der Waals surface area contributed by atoms with Crippen LogP contribution in [-0.4, -0.2) is 0 Å². The lowest BCUT2D eigenvalue weighted by molar-refractivity contribution is 1.38. The topological polar surface area (TPSA) is 26.0 Å². The van der Waals surface area contributed by atoms with Crippen molar-refractivity contribution in [2.75, 3.05) is 5.73 Å². The van der Waals surface area contributed by atoms with Crippen LogP contribution in [0, 0.1) is 13.8 Å². The third kappa shape index (κ3) is 1.57. The Bertz CT molecular complexity index is 270. The molecule has 60 valence electrons. The van der Waals surface area contributed by atoms with Gasteiger partial charge in [0.1, 0.15) is 0 Å². The van der Waals surface area contributed by atoms with Gasteiger partial charge in [-0.25, -0.2) is 0 Å². The molecule has 0 saturated heterocycles. The van der Waals surface area contributed by atoms with Crippen LogP contribution in [0.15, 0.2) is 10.5 Å². The first-order valence-electron chi connectivity index (χ1n) is 3.34. The van der Waals surface area contributed by atoms with E-state index < -0.39 is 0 Å². The van der Waals surface area contributed by atoms with Gasteiger partial charge in [-0.2, -0.15) is 0 Å². The van der Waals surface area contributed by atoms with Crippen molar-refractivity contribution in [3.8, 4) is 0 Å². The fourth-order valence-electron chi connectivity index (χ4n) is 1.01. The summed E-state index contributed by atoms with van der Waals surface area (Å²) in [7, 11) is 2.64. The van der Waals surface area contributed by atoms with Crippen LogP contribution in [0.3, 0.4) is 0 Å². The van der Waals surface area contributed by atoms with Crippen LogP contribution in [0.2, 0.25) is 0 Å². The van der Waals surface area contributed by atoms with Gasteiger partial charge in [0.2, 0.25) is 0 Å². The minimum absolute atomic E-state index is 0.854. The fourth-order valence-corrected chi connectivity index (χ4v) is 1.79. The van der Waals surface area contributed by atoms with Crippen molar-refractivity contribution in [3.05, 3.63) is 21.7 Å². The van der Waals surface area contributed by atoms with Gasteiger partial charge in [0.25, 0.3) is 0 Å². The van der Waals surface area contributed by atoms with Crippen LogP contribution < -0.4 is 11.0 Å². The Labute approximate surface area is 77.7 Å². The highest BCUT2D eigenvalue weighted by molar-refractivity contribution is 9.10. The lowest BCUT2D eigenvalue weighted by Crippen LogP contribution is -2.06. The molecule has 3 heteroatoms. The molecule has 0 bridgehead atoms. The molecule has 0 aliphatic heterocycles. The first-order valence-corrected chi connectivity index (χ1v) is 4.71. The van der Waals surface area contributed by atoms with Crippen molar-refractivity contribution in [1.29, 1.82) is 0 Å². The van der Waals surface area contributed by atoms with E-state index in [-0.39, 0.29) is 0 Å². The Balaban J connectivity index is 3.46. The van der Waals surface area contributed by atoms with E-state index >= 15 is 0 Å². The van der Waals surface area contributed by atoms with Crippen molar-refractivity contribution in [1.82, 2.24) is 0 Å². The van der Waals surface area contributed by atoms with Gasteiger partial charge in [0.15, 0.2) is 0 Å². The van der Waals surface area contributed by atoms with E-state index in [1.807, 2.05) is 6.92 Å². The molecule has 1 unspecified atom stereocenters. The zero-order valence-electron chi connectivity index (χ0n) is 6.61. The second kappa shape index (κ2) is 3.12. The molecule has 0 spiro atoms. The number of nitrogen functional groups attached to an aromatic ring is 1. The second-order valence-corrected chi connectivity index (χ2v) is 4.02. The fraction of sp³-hybridized carbons (Fsp3) is 0.250. The van der Waals surface area contributed by atoms with Crippen LogP contribution in [0.25, 0.3) is 0 Å². The normalized spacial score (nSPS) is 10.2. The van der Waals surface area contributed by atoms with E-state index in [0.29, 0.717) is 0 Å². The average molecular weight is 232 g/mol. The Morgan fingerprint density at radius 2 is 1.91 bits per heavy atom. The number of hydrogen-bond donors (Lipinski definition) is 1. The SMILES string of the molecule is Cc1cc(C)c(Br)c(P)c1N. The molecule has 0 fully saturated rings. The lowest BCUT2D eigenvalue weighted by atomic mass is 10.1. The van der Waals surface area contributed by atoms with Crippen LogP contribution in [0.5, 0.6) is 0 Å². The standard InChI is InChI=1S/C8H11BrNP/c1-4-3-5(2)7(10)8(11)6(4)9/h3H,10-11H2,1-2H3. The summed E-state index contributed by atoms with van der Waals surface area (Å²) in [6, 6.07) is 2.08. The van der Waals surface area contributed by atoms with E-state index in [1.54, 1.807) is 0 Å². The van der Waals surface area contributed by atoms with Gasteiger partial charge in [0, 0.05) is 15.5 Å². The van der Waals surface area contributed by atoms with Crippen LogP contribution >= 0.6 is 25.2 Å². The molecule has 0 heterocycles. The zero-order chi connectivity index (χ0) is 8.59. The van der Waals surface area contributed by atoms with Gasteiger partial charge in [-0.05, 0) is 40.9 Å². The van der Waals surface area contributed by atoms with E-state index in [9.17, 15) is 0 Å². The first-order chi connectivity index (χ1) is 5.04. The molecule has 0 radical (unpaired) electrons. The molecule has 0 amide bonds. The summed E-state index contributed by atoms with van der Waals surface area (Å²) >= 11 is 3.46. The number of benzene rings is 1. The Morgan fingerprint density at radius 1 is 1.36 bits per heavy atom. The number of hydrogen-bond acceptors (Lipinski definition) is 1. The molecule has 0 aliphatic carbocycles. The monoisotopic (exact) mass is 231 g/mol. The Hall–Kier alpha value is -0.0700. The predicted octanol–water partition coefficient (Wildman–Crippen LogP) is 2.15. The van der Waals surface area contributed by atoms with Crippen molar-refractivity contribution in [2.24, 2.45) is 0 Å². The number of anilines is 1. The minimum atomic E-state index is 0.854. The summed E-state index contributed by atoms with van der Waals surface area (Å²) in [6.07, 6.45) is 0. The molecule has 2 N–H and O–H groups in total. The molecule has 0 saturated carbocycles. The number of aryl methyl sites for hydroxylation is 2. The van der Waals surface area contributed by atoms with Gasteiger partial charge in [0.05, 0.1) is 0 Å². The van der Waals surface area contributed by atoms with Crippen LogP contribution in [0.1, 0.15) is 11.1 Å². The van der Waals surface area contributed by atoms with Gasteiger partial charge < -0.3 is 5.73 Å². The van der Waals surface area contributed by atoms with Gasteiger partial charge in [-0.3, -0.25) is 0 Å². The number of nitrogens with two attached hydrogens (primary N) is 1. The highest BCUT2D eigenvalue weighted by Crippen LogP contribution is 2.22. The largest absolute Gasteiger partial charge is 0.398 e. The summed E-state index contributed by atoms with van der Waals surface area (Å²) in [5, 5.41) is 1.06. The predicted molar refractivity (Wildman–Crippen MR) is 57.4 cm³/mol. The summed E-state index contributed by atoms with van der Waals surface area (Å²) in [6.45, 7) is 4.08. The van der Waals surface area contributed by atoms with Crippen molar-refractivity contribution < 1.29 is 0 Å². The molecule has 1 aromatic rings. The molecule has 1 atom stereocenters. The van der Waals surface area contributed by atoms with Crippen LogP contribution in [-0.2, 0) is 0 Å². The Morgan fingerprint density at radius 3 is 2.45 bits per heavy atom. The zero-order valence-corrected chi connectivity index (χ0v) is 9.35. The molecular weight excluding hydrogens is 221 g/mol. The molecule has 1 rings (SSSR count). The van der Waals surface area contributed by atoms with Gasteiger partial charge in [-0.15, -0.1) is 9.24 Å². The lowest BCUT2D eigenvalue weighted by Gasteiger charge is -2.08. The number of halogens is 1. The van der Waals surface area contributed by atoms with E-state index in [2.05, 4.69) is 38.2 Å². The Kier molecular flexibility index (Phi) is 2.56. The molecule has 0 aromatic heterocycles. The highest BCUT2D eigenvalue weighted by atomic mass is 79.9. The average Bonchev–Trinajstić information content (AvgIpc) is 1.97. The van der Waals surface area contributed by atoms with Crippen molar-refractivity contribution in [2.45, 2.75) is 13.8 Å². The summed E-state index contributed by atoms with van der Waals surface area (Å²) in [5.41, 5.74) is 9.01. The molecule has 1 aromatic carbocycles. The van der Waals surface area contributed by atoms with E-state index in [0.717, 1.165) is 21.0 Å². The maximum absolute atomic E-state index is 5.80.